The van der Waals surface area contributed by atoms with Crippen LogP contribution in [0.3, 0.4) is 0 Å². The fourth-order valence-corrected chi connectivity index (χ4v) is 1.84. The van der Waals surface area contributed by atoms with Gasteiger partial charge in [-0.05, 0) is 25.0 Å². The highest BCUT2D eigenvalue weighted by atomic mass is 16.5. The molecule has 1 aliphatic rings. The van der Waals surface area contributed by atoms with Gasteiger partial charge >= 0.3 is 5.97 Å². The number of likely N-dealkylation sites (N-methyl/N-ethyl adjacent to an activating group) is 1. The normalized spacial score (nSPS) is 13.7. The standard InChI is InChI=1S/C14H18N2O4/c1-16(10-4-5-10)13(17)8-20-12-7-9(15)3-6-11(12)14(18)19-2/h3,6-7,10H,4-5,8,15H2,1-2H3. The second-order valence-electron chi connectivity index (χ2n) is 4.77. The van der Waals surface area contributed by atoms with Crippen molar-refractivity contribution >= 4 is 17.6 Å². The molecule has 0 aromatic heterocycles. The number of nitrogen functional groups attached to an aromatic ring is 1. The molecule has 2 rings (SSSR count). The first-order chi connectivity index (χ1) is 9.52. The molecule has 0 unspecified atom stereocenters. The van der Waals surface area contributed by atoms with Crippen LogP contribution in [0.5, 0.6) is 5.75 Å². The number of methoxy groups -OCH3 is 1. The fourth-order valence-electron chi connectivity index (χ4n) is 1.84. The number of rotatable bonds is 5. The number of ether oxygens (including phenoxy) is 2. The van der Waals surface area contributed by atoms with Crippen LogP contribution in [0.25, 0.3) is 0 Å². The SMILES string of the molecule is COC(=O)c1ccc(N)cc1OCC(=O)N(C)C1CC1. The van der Waals surface area contributed by atoms with Crippen LogP contribution in [0.2, 0.25) is 0 Å². The van der Waals surface area contributed by atoms with E-state index < -0.39 is 5.97 Å². The van der Waals surface area contributed by atoms with Gasteiger partial charge < -0.3 is 20.1 Å². The molecule has 1 aromatic rings. The summed E-state index contributed by atoms with van der Waals surface area (Å²) in [4.78, 5) is 25.2. The first-order valence-electron chi connectivity index (χ1n) is 6.39. The van der Waals surface area contributed by atoms with Crippen LogP contribution in [0.15, 0.2) is 18.2 Å². The molecule has 6 nitrogen and oxygen atoms in total. The van der Waals surface area contributed by atoms with E-state index in [0.29, 0.717) is 11.7 Å². The van der Waals surface area contributed by atoms with Crippen molar-refractivity contribution in [3.8, 4) is 5.75 Å². The Labute approximate surface area is 117 Å². The summed E-state index contributed by atoms with van der Waals surface area (Å²) in [6.45, 7) is -0.125. The lowest BCUT2D eigenvalue weighted by Gasteiger charge is -2.17. The quantitative estimate of drug-likeness (QED) is 0.643. The van der Waals surface area contributed by atoms with Crippen molar-refractivity contribution in [2.24, 2.45) is 0 Å². The summed E-state index contributed by atoms with van der Waals surface area (Å²) < 4.78 is 10.1. The predicted octanol–water partition coefficient (Wildman–Crippen LogP) is 1.05. The zero-order chi connectivity index (χ0) is 14.7. The Morgan fingerprint density at radius 3 is 2.70 bits per heavy atom. The molecular weight excluding hydrogens is 260 g/mol. The second-order valence-corrected chi connectivity index (χ2v) is 4.77. The van der Waals surface area contributed by atoms with Crippen LogP contribution in [0, 0.1) is 0 Å². The second kappa shape index (κ2) is 5.81. The van der Waals surface area contributed by atoms with Crippen LogP contribution in [0.4, 0.5) is 5.69 Å². The largest absolute Gasteiger partial charge is 0.483 e. The minimum absolute atomic E-state index is 0.120. The monoisotopic (exact) mass is 278 g/mol. The summed E-state index contributed by atoms with van der Waals surface area (Å²) in [5, 5.41) is 0. The molecule has 1 saturated carbocycles. The lowest BCUT2D eigenvalue weighted by Crippen LogP contribution is -2.33. The number of anilines is 1. The highest BCUT2D eigenvalue weighted by molar-refractivity contribution is 5.93. The van der Waals surface area contributed by atoms with Gasteiger partial charge in [-0.3, -0.25) is 4.79 Å². The van der Waals surface area contributed by atoms with Crippen molar-refractivity contribution in [2.45, 2.75) is 18.9 Å². The number of nitrogens with zero attached hydrogens (tertiary/aromatic N) is 1. The number of carbonyl (C=O) groups is 2. The molecule has 1 fully saturated rings. The van der Waals surface area contributed by atoms with Crippen molar-refractivity contribution in [3.05, 3.63) is 23.8 Å². The Morgan fingerprint density at radius 1 is 1.40 bits per heavy atom. The number of hydrogen-bond donors (Lipinski definition) is 1. The maximum Gasteiger partial charge on any atom is 0.341 e. The van der Waals surface area contributed by atoms with Crippen molar-refractivity contribution in [1.29, 1.82) is 0 Å². The molecule has 0 spiro atoms. The van der Waals surface area contributed by atoms with Gasteiger partial charge in [0.25, 0.3) is 5.91 Å². The number of esters is 1. The Morgan fingerprint density at radius 2 is 2.10 bits per heavy atom. The van der Waals surface area contributed by atoms with Gasteiger partial charge in [0.2, 0.25) is 0 Å². The van der Waals surface area contributed by atoms with Gasteiger partial charge in [-0.15, -0.1) is 0 Å². The number of hydrogen-bond acceptors (Lipinski definition) is 5. The average Bonchev–Trinajstić information content (AvgIpc) is 3.27. The molecule has 1 aliphatic carbocycles. The molecule has 6 heteroatoms. The summed E-state index contributed by atoms with van der Waals surface area (Å²) in [5.74, 6) is -0.386. The highest BCUT2D eigenvalue weighted by Crippen LogP contribution is 2.26. The first kappa shape index (κ1) is 14.2. The summed E-state index contributed by atoms with van der Waals surface area (Å²) >= 11 is 0. The number of nitrogens with two attached hydrogens (primary N) is 1. The maximum atomic E-state index is 11.9. The zero-order valence-corrected chi connectivity index (χ0v) is 11.6. The average molecular weight is 278 g/mol. The third-order valence-corrected chi connectivity index (χ3v) is 3.25. The van der Waals surface area contributed by atoms with Crippen LogP contribution in [-0.2, 0) is 9.53 Å². The lowest BCUT2D eigenvalue weighted by atomic mass is 10.2. The van der Waals surface area contributed by atoms with E-state index in [1.54, 1.807) is 18.0 Å². The minimum Gasteiger partial charge on any atom is -0.483 e. The van der Waals surface area contributed by atoms with Gasteiger partial charge in [0.05, 0.1) is 7.11 Å². The van der Waals surface area contributed by atoms with E-state index in [1.165, 1.54) is 19.2 Å². The molecule has 0 heterocycles. The molecule has 20 heavy (non-hydrogen) atoms. The summed E-state index contributed by atoms with van der Waals surface area (Å²) in [6.07, 6.45) is 2.07. The van der Waals surface area contributed by atoms with Gasteiger partial charge in [-0.2, -0.15) is 0 Å². The van der Waals surface area contributed by atoms with Crippen molar-refractivity contribution in [3.63, 3.8) is 0 Å². The van der Waals surface area contributed by atoms with Crippen LogP contribution < -0.4 is 10.5 Å². The highest BCUT2D eigenvalue weighted by Gasteiger charge is 2.29. The third-order valence-electron chi connectivity index (χ3n) is 3.25. The van der Waals surface area contributed by atoms with Crippen LogP contribution in [0.1, 0.15) is 23.2 Å². The van der Waals surface area contributed by atoms with E-state index in [4.69, 9.17) is 10.5 Å². The molecule has 0 atom stereocenters. The predicted molar refractivity (Wildman–Crippen MR) is 73.5 cm³/mol. The van der Waals surface area contributed by atoms with Crippen molar-refractivity contribution in [1.82, 2.24) is 4.90 Å². The van der Waals surface area contributed by atoms with Gasteiger partial charge in [0.15, 0.2) is 6.61 Å². The number of benzene rings is 1. The molecule has 0 bridgehead atoms. The summed E-state index contributed by atoms with van der Waals surface area (Å²) in [5.41, 5.74) is 6.37. The Balaban J connectivity index is 2.05. The fraction of sp³-hybridized carbons (Fsp3) is 0.429. The third kappa shape index (κ3) is 3.20. The van der Waals surface area contributed by atoms with E-state index in [2.05, 4.69) is 4.74 Å². The van der Waals surface area contributed by atoms with Crippen molar-refractivity contribution < 1.29 is 19.1 Å². The molecular formula is C14H18N2O4. The maximum absolute atomic E-state index is 11.9. The van der Waals surface area contributed by atoms with E-state index in [0.717, 1.165) is 12.8 Å². The Kier molecular flexibility index (Phi) is 4.12. The Bertz CT molecular complexity index is 526. The minimum atomic E-state index is -0.525. The van der Waals surface area contributed by atoms with E-state index in [-0.39, 0.29) is 23.8 Å². The lowest BCUT2D eigenvalue weighted by molar-refractivity contribution is -0.132. The van der Waals surface area contributed by atoms with Gasteiger partial charge in [-0.1, -0.05) is 0 Å². The van der Waals surface area contributed by atoms with Crippen molar-refractivity contribution in [2.75, 3.05) is 26.5 Å². The number of carbonyl (C=O) groups excluding carboxylic acids is 2. The molecule has 1 aromatic carbocycles. The summed E-state index contributed by atoms with van der Waals surface area (Å²) in [6, 6.07) is 4.94. The van der Waals surface area contributed by atoms with Gasteiger partial charge in [0.1, 0.15) is 11.3 Å². The van der Waals surface area contributed by atoms with Crippen LogP contribution >= 0.6 is 0 Å². The number of amides is 1. The summed E-state index contributed by atoms with van der Waals surface area (Å²) in [7, 11) is 3.04. The topological polar surface area (TPSA) is 81.9 Å². The molecule has 2 N–H and O–H groups in total. The van der Waals surface area contributed by atoms with E-state index in [9.17, 15) is 9.59 Å². The van der Waals surface area contributed by atoms with E-state index >= 15 is 0 Å². The van der Waals surface area contributed by atoms with Gasteiger partial charge in [0, 0.05) is 24.8 Å². The Hall–Kier alpha value is -2.24. The zero-order valence-electron chi connectivity index (χ0n) is 11.6. The van der Waals surface area contributed by atoms with Gasteiger partial charge in [-0.25, -0.2) is 4.79 Å². The molecule has 108 valence electrons. The molecule has 1 amide bonds. The van der Waals surface area contributed by atoms with E-state index in [1.807, 2.05) is 0 Å². The molecule has 0 aliphatic heterocycles. The first-order valence-corrected chi connectivity index (χ1v) is 6.39. The smallest absolute Gasteiger partial charge is 0.341 e. The molecule has 0 saturated heterocycles. The van der Waals surface area contributed by atoms with Crippen LogP contribution in [-0.4, -0.2) is 43.6 Å². The molecule has 0 radical (unpaired) electrons.